The molecule has 0 atom stereocenters. The van der Waals surface area contributed by atoms with Crippen LogP contribution in [0.5, 0.6) is 5.88 Å². The average Bonchev–Trinajstić information content (AvgIpc) is 2.35. The zero-order valence-corrected chi connectivity index (χ0v) is 10.2. The van der Waals surface area contributed by atoms with E-state index in [4.69, 9.17) is 0 Å². The Kier molecular flexibility index (Phi) is 3.39. The van der Waals surface area contributed by atoms with Gasteiger partial charge in [0, 0.05) is 12.1 Å². The predicted molar refractivity (Wildman–Crippen MR) is 63.6 cm³/mol. The van der Waals surface area contributed by atoms with Gasteiger partial charge in [-0.05, 0) is 6.42 Å². The number of aromatic hydroxyl groups is 1. The smallest absolute Gasteiger partial charge is 0.335 e. The summed E-state index contributed by atoms with van der Waals surface area (Å²) in [5.74, 6) is -4.89. The minimum atomic E-state index is -1.43. The Balaban J connectivity index is 2.87. The van der Waals surface area contributed by atoms with Gasteiger partial charge >= 0.3 is 5.69 Å². The van der Waals surface area contributed by atoms with Gasteiger partial charge in [-0.2, -0.15) is 0 Å². The molecule has 1 heterocycles. The van der Waals surface area contributed by atoms with Crippen LogP contribution < -0.4 is 11.2 Å². The maximum absolute atomic E-state index is 13.6. The van der Waals surface area contributed by atoms with Gasteiger partial charge in [-0.15, -0.1) is 0 Å². The molecule has 2 rings (SSSR count). The van der Waals surface area contributed by atoms with Gasteiger partial charge in [0.15, 0.2) is 17.5 Å². The van der Waals surface area contributed by atoms with Crippen molar-refractivity contribution in [2.45, 2.75) is 13.3 Å². The summed E-state index contributed by atoms with van der Waals surface area (Å²) < 4.78 is 40.0. The minimum absolute atomic E-state index is 0.0622. The standard InChI is InChI=1S/C12H9F3N2O3/c1-2-5-10(18)16-12(20)17(11(5)19)9-4-7(14)6(13)3-8(9)15/h3-4,19H,2H2,1H3,(H,16,18,20). The Morgan fingerprint density at radius 2 is 1.75 bits per heavy atom. The molecule has 0 amide bonds. The topological polar surface area (TPSA) is 75.1 Å². The van der Waals surface area contributed by atoms with E-state index in [0.29, 0.717) is 10.6 Å². The predicted octanol–water partition coefficient (Wildman–Crippen LogP) is 1.21. The van der Waals surface area contributed by atoms with Crippen molar-refractivity contribution in [1.29, 1.82) is 0 Å². The van der Waals surface area contributed by atoms with Crippen molar-refractivity contribution >= 4 is 0 Å². The molecule has 1 aromatic heterocycles. The highest BCUT2D eigenvalue weighted by atomic mass is 19.2. The molecule has 0 radical (unpaired) electrons. The Morgan fingerprint density at radius 3 is 2.35 bits per heavy atom. The highest BCUT2D eigenvalue weighted by molar-refractivity contribution is 5.40. The molecule has 5 nitrogen and oxygen atoms in total. The second kappa shape index (κ2) is 4.87. The third-order valence-electron chi connectivity index (χ3n) is 2.76. The Morgan fingerprint density at radius 1 is 1.15 bits per heavy atom. The van der Waals surface area contributed by atoms with Crippen LogP contribution >= 0.6 is 0 Å². The molecular formula is C12H9F3N2O3. The number of hydrogen-bond acceptors (Lipinski definition) is 3. The number of nitrogens with one attached hydrogen (secondary N) is 1. The van der Waals surface area contributed by atoms with Crippen LogP contribution in [0.3, 0.4) is 0 Å². The number of H-pyrrole nitrogens is 1. The molecule has 0 aliphatic rings. The lowest BCUT2D eigenvalue weighted by molar-refractivity contribution is 0.418. The number of aromatic amines is 1. The van der Waals surface area contributed by atoms with E-state index in [9.17, 15) is 27.9 Å². The summed E-state index contributed by atoms with van der Waals surface area (Å²) in [7, 11) is 0. The fourth-order valence-electron chi connectivity index (χ4n) is 1.79. The van der Waals surface area contributed by atoms with E-state index in [1.807, 2.05) is 4.98 Å². The van der Waals surface area contributed by atoms with E-state index in [2.05, 4.69) is 0 Å². The summed E-state index contributed by atoms with van der Waals surface area (Å²) >= 11 is 0. The molecule has 0 fully saturated rings. The third-order valence-corrected chi connectivity index (χ3v) is 2.76. The zero-order chi connectivity index (χ0) is 15.0. The molecule has 0 bridgehead atoms. The second-order valence-electron chi connectivity index (χ2n) is 3.97. The molecule has 0 unspecified atom stereocenters. The van der Waals surface area contributed by atoms with Crippen molar-refractivity contribution in [3.05, 3.63) is 56.0 Å². The molecule has 8 heteroatoms. The SMILES string of the molecule is CCc1c(O)n(-c2cc(F)c(F)cc2F)c(=O)[nH]c1=O. The van der Waals surface area contributed by atoms with Gasteiger partial charge in [-0.3, -0.25) is 9.78 Å². The fourth-order valence-corrected chi connectivity index (χ4v) is 1.79. The quantitative estimate of drug-likeness (QED) is 0.815. The summed E-state index contributed by atoms with van der Waals surface area (Å²) in [5, 5.41) is 9.85. The van der Waals surface area contributed by atoms with Crippen LogP contribution in [0.4, 0.5) is 13.2 Å². The molecule has 0 saturated carbocycles. The third kappa shape index (κ3) is 2.09. The van der Waals surface area contributed by atoms with Crippen molar-refractivity contribution in [3.8, 4) is 11.6 Å². The van der Waals surface area contributed by atoms with Crippen LogP contribution in [0, 0.1) is 17.5 Å². The lowest BCUT2D eigenvalue weighted by Gasteiger charge is -2.11. The van der Waals surface area contributed by atoms with Crippen LogP contribution in [0.2, 0.25) is 0 Å². The van der Waals surface area contributed by atoms with Gasteiger partial charge in [0.25, 0.3) is 5.56 Å². The zero-order valence-electron chi connectivity index (χ0n) is 10.2. The maximum atomic E-state index is 13.6. The van der Waals surface area contributed by atoms with Crippen molar-refractivity contribution < 1.29 is 18.3 Å². The van der Waals surface area contributed by atoms with Crippen LogP contribution in [0.1, 0.15) is 12.5 Å². The average molecular weight is 286 g/mol. The molecule has 20 heavy (non-hydrogen) atoms. The Bertz CT molecular complexity index is 796. The Labute approximate surface area is 109 Å². The summed E-state index contributed by atoms with van der Waals surface area (Å²) in [6.07, 6.45) is 0.0622. The van der Waals surface area contributed by atoms with Crippen LogP contribution in [-0.4, -0.2) is 14.7 Å². The number of halogens is 3. The lowest BCUT2D eigenvalue weighted by atomic mass is 10.2. The molecule has 2 N–H and O–H groups in total. The van der Waals surface area contributed by atoms with Gasteiger partial charge in [0.1, 0.15) is 0 Å². The van der Waals surface area contributed by atoms with E-state index >= 15 is 0 Å². The van der Waals surface area contributed by atoms with Gasteiger partial charge in [0.05, 0.1) is 11.3 Å². The van der Waals surface area contributed by atoms with Crippen LogP contribution in [-0.2, 0) is 6.42 Å². The van der Waals surface area contributed by atoms with Gasteiger partial charge in [-0.1, -0.05) is 6.92 Å². The number of benzene rings is 1. The molecule has 0 spiro atoms. The lowest BCUT2D eigenvalue weighted by Crippen LogP contribution is -2.31. The van der Waals surface area contributed by atoms with Crippen molar-refractivity contribution in [2.24, 2.45) is 0 Å². The maximum Gasteiger partial charge on any atom is 0.335 e. The summed E-state index contributed by atoms with van der Waals surface area (Å²) in [4.78, 5) is 24.9. The first-order chi connectivity index (χ1) is 9.36. The van der Waals surface area contributed by atoms with Crippen LogP contribution in [0.25, 0.3) is 5.69 Å². The van der Waals surface area contributed by atoms with E-state index < -0.39 is 40.3 Å². The van der Waals surface area contributed by atoms with E-state index in [-0.39, 0.29) is 18.1 Å². The largest absolute Gasteiger partial charge is 0.494 e. The molecular weight excluding hydrogens is 277 g/mol. The Hall–Kier alpha value is -2.51. The summed E-state index contributed by atoms with van der Waals surface area (Å²) in [5.41, 5.74) is -2.85. The number of rotatable bonds is 2. The molecule has 2 aromatic rings. The number of nitrogens with zero attached hydrogens (tertiary/aromatic N) is 1. The first-order valence-electron chi connectivity index (χ1n) is 5.58. The molecule has 0 saturated heterocycles. The number of hydrogen-bond donors (Lipinski definition) is 2. The van der Waals surface area contributed by atoms with Gasteiger partial charge in [-0.25, -0.2) is 22.5 Å². The molecule has 0 aliphatic carbocycles. The monoisotopic (exact) mass is 286 g/mol. The van der Waals surface area contributed by atoms with Gasteiger partial charge < -0.3 is 5.11 Å². The van der Waals surface area contributed by atoms with E-state index in [1.54, 1.807) is 0 Å². The first kappa shape index (κ1) is 13.9. The van der Waals surface area contributed by atoms with Crippen LogP contribution in [0.15, 0.2) is 21.7 Å². The highest BCUT2D eigenvalue weighted by Crippen LogP contribution is 2.21. The summed E-state index contributed by atoms with van der Waals surface area (Å²) in [6.45, 7) is 1.53. The summed E-state index contributed by atoms with van der Waals surface area (Å²) in [6, 6.07) is 0.664. The minimum Gasteiger partial charge on any atom is -0.494 e. The van der Waals surface area contributed by atoms with E-state index in [0.717, 1.165) is 0 Å². The molecule has 1 aromatic carbocycles. The van der Waals surface area contributed by atoms with Gasteiger partial charge in [0.2, 0.25) is 5.88 Å². The highest BCUT2D eigenvalue weighted by Gasteiger charge is 2.19. The molecule has 0 aliphatic heterocycles. The first-order valence-corrected chi connectivity index (χ1v) is 5.58. The fraction of sp³-hybridized carbons (Fsp3) is 0.167. The van der Waals surface area contributed by atoms with Crippen molar-refractivity contribution in [2.75, 3.05) is 0 Å². The second-order valence-corrected chi connectivity index (χ2v) is 3.97. The van der Waals surface area contributed by atoms with Crippen molar-refractivity contribution in [1.82, 2.24) is 9.55 Å². The molecule has 106 valence electrons. The van der Waals surface area contributed by atoms with Crippen molar-refractivity contribution in [3.63, 3.8) is 0 Å². The van der Waals surface area contributed by atoms with E-state index in [1.165, 1.54) is 6.92 Å². The normalized spacial score (nSPS) is 10.8. The number of aromatic nitrogens is 2.